The summed E-state index contributed by atoms with van der Waals surface area (Å²) in [4.78, 5) is 0. The van der Waals surface area contributed by atoms with Crippen molar-refractivity contribution in [1.82, 2.24) is 15.0 Å². The first kappa shape index (κ1) is 20.9. The lowest BCUT2D eigenvalue weighted by Crippen LogP contribution is -2.10. The number of rotatable bonds is 4. The molecule has 0 amide bonds. The van der Waals surface area contributed by atoms with E-state index in [4.69, 9.17) is 0 Å². The summed E-state index contributed by atoms with van der Waals surface area (Å²) in [6, 6.07) is 37.9. The average molecular weight is 430 g/mol. The zero-order valence-corrected chi connectivity index (χ0v) is 19.2. The minimum absolute atomic E-state index is 0.0617. The van der Waals surface area contributed by atoms with Crippen LogP contribution in [0.15, 0.2) is 109 Å². The van der Waals surface area contributed by atoms with E-state index in [9.17, 15) is 0 Å². The second-order valence-electron chi connectivity index (χ2n) is 9.31. The van der Waals surface area contributed by atoms with Gasteiger partial charge in [-0.15, -0.1) is 5.10 Å². The summed E-state index contributed by atoms with van der Waals surface area (Å²) in [7, 11) is 0. The first-order valence-corrected chi connectivity index (χ1v) is 11.3. The van der Waals surface area contributed by atoms with Crippen molar-refractivity contribution in [2.75, 3.05) is 0 Å². The Balaban J connectivity index is 1.63. The highest BCUT2D eigenvalue weighted by atomic mass is 15.4. The van der Waals surface area contributed by atoms with Crippen LogP contribution in [0.4, 0.5) is 0 Å². The molecule has 33 heavy (non-hydrogen) atoms. The highest BCUT2D eigenvalue weighted by Crippen LogP contribution is 2.34. The van der Waals surface area contributed by atoms with E-state index in [1.807, 2.05) is 16.8 Å². The third-order valence-corrected chi connectivity index (χ3v) is 5.94. The quantitative estimate of drug-likeness (QED) is 0.295. The lowest BCUT2D eigenvalue weighted by atomic mass is 9.85. The van der Waals surface area contributed by atoms with Crippen LogP contribution in [0, 0.1) is 0 Å². The van der Waals surface area contributed by atoms with E-state index in [-0.39, 0.29) is 5.41 Å². The van der Waals surface area contributed by atoms with E-state index in [0.29, 0.717) is 0 Å². The van der Waals surface area contributed by atoms with Gasteiger partial charge in [-0.3, -0.25) is 0 Å². The Labute approximate surface area is 195 Å². The first-order chi connectivity index (χ1) is 16.0. The van der Waals surface area contributed by atoms with Gasteiger partial charge in [-0.2, -0.15) is 0 Å². The standard InChI is InChI=1S/C30H27N3/c1-30(2,3)26-16-10-15-25(21-26)28-29(24-13-8-5-9-14-24)33(32-31-28)27-19-17-23(18-20-27)22-11-6-4-7-12-22/h4-21H,1-3H3. The molecule has 0 radical (unpaired) electrons. The maximum Gasteiger partial charge on any atom is 0.121 e. The molecule has 4 aromatic carbocycles. The van der Waals surface area contributed by atoms with Gasteiger partial charge in [-0.05, 0) is 40.3 Å². The van der Waals surface area contributed by atoms with Crippen LogP contribution in [0.2, 0.25) is 0 Å². The van der Waals surface area contributed by atoms with Gasteiger partial charge in [0.2, 0.25) is 0 Å². The molecule has 0 aliphatic carbocycles. The van der Waals surface area contributed by atoms with Crippen molar-refractivity contribution < 1.29 is 0 Å². The number of hydrogen-bond acceptors (Lipinski definition) is 2. The van der Waals surface area contributed by atoms with Gasteiger partial charge in [0.15, 0.2) is 0 Å². The number of hydrogen-bond donors (Lipinski definition) is 0. The smallest absolute Gasteiger partial charge is 0.121 e. The van der Waals surface area contributed by atoms with E-state index in [1.54, 1.807) is 0 Å². The van der Waals surface area contributed by atoms with Crippen molar-refractivity contribution in [2.45, 2.75) is 26.2 Å². The molecule has 0 aliphatic heterocycles. The fraction of sp³-hybridized carbons (Fsp3) is 0.133. The highest BCUT2D eigenvalue weighted by Gasteiger charge is 2.20. The number of benzene rings is 4. The third-order valence-electron chi connectivity index (χ3n) is 5.94. The fourth-order valence-electron chi connectivity index (χ4n) is 4.07. The molecule has 5 rings (SSSR count). The number of aromatic nitrogens is 3. The van der Waals surface area contributed by atoms with E-state index in [2.05, 4.69) is 128 Å². The van der Waals surface area contributed by atoms with Crippen molar-refractivity contribution >= 4 is 0 Å². The molecule has 0 spiro atoms. The summed E-state index contributed by atoms with van der Waals surface area (Å²) >= 11 is 0. The maximum absolute atomic E-state index is 4.66. The second-order valence-corrected chi connectivity index (χ2v) is 9.31. The molecule has 0 aliphatic rings. The lowest BCUT2D eigenvalue weighted by molar-refractivity contribution is 0.590. The molecular formula is C30H27N3. The topological polar surface area (TPSA) is 30.7 Å². The predicted octanol–water partition coefficient (Wildman–Crippen LogP) is 7.57. The molecule has 0 fully saturated rings. The molecule has 1 heterocycles. The molecule has 3 nitrogen and oxygen atoms in total. The van der Waals surface area contributed by atoms with Crippen LogP contribution in [0.5, 0.6) is 0 Å². The van der Waals surface area contributed by atoms with Gasteiger partial charge in [0.05, 0.1) is 5.69 Å². The SMILES string of the molecule is CC(C)(C)c1cccc(-c2nnn(-c3ccc(-c4ccccc4)cc3)c2-c2ccccc2)c1. The summed E-state index contributed by atoms with van der Waals surface area (Å²) in [5, 5.41) is 9.26. The Bertz CT molecular complexity index is 1360. The minimum atomic E-state index is 0.0617. The van der Waals surface area contributed by atoms with Crippen LogP contribution < -0.4 is 0 Å². The minimum Gasteiger partial charge on any atom is -0.212 e. The van der Waals surface area contributed by atoms with Gasteiger partial charge in [-0.1, -0.05) is 117 Å². The Morgan fingerprint density at radius 2 is 1.15 bits per heavy atom. The molecule has 162 valence electrons. The lowest BCUT2D eigenvalue weighted by Gasteiger charge is -2.19. The van der Waals surface area contributed by atoms with Crippen LogP contribution in [0.1, 0.15) is 26.3 Å². The normalized spacial score (nSPS) is 11.5. The summed E-state index contributed by atoms with van der Waals surface area (Å²) < 4.78 is 1.95. The van der Waals surface area contributed by atoms with Crippen LogP contribution in [-0.2, 0) is 5.41 Å². The molecule has 0 saturated carbocycles. The summed E-state index contributed by atoms with van der Waals surface area (Å²) in [5.74, 6) is 0. The Morgan fingerprint density at radius 3 is 1.79 bits per heavy atom. The van der Waals surface area contributed by atoms with Gasteiger partial charge in [0.1, 0.15) is 11.4 Å². The second kappa shape index (κ2) is 8.51. The monoisotopic (exact) mass is 429 g/mol. The van der Waals surface area contributed by atoms with Crippen molar-refractivity contribution in [1.29, 1.82) is 0 Å². The van der Waals surface area contributed by atoms with Crippen molar-refractivity contribution in [3.05, 3.63) is 115 Å². The molecule has 0 N–H and O–H groups in total. The van der Waals surface area contributed by atoms with Gasteiger partial charge in [-0.25, -0.2) is 4.68 Å². The van der Waals surface area contributed by atoms with Crippen molar-refractivity contribution in [2.24, 2.45) is 0 Å². The van der Waals surface area contributed by atoms with E-state index in [1.165, 1.54) is 16.7 Å². The average Bonchev–Trinajstić information content (AvgIpc) is 3.30. The molecule has 0 bridgehead atoms. The molecular weight excluding hydrogens is 402 g/mol. The largest absolute Gasteiger partial charge is 0.212 e. The van der Waals surface area contributed by atoms with Gasteiger partial charge < -0.3 is 0 Å². The van der Waals surface area contributed by atoms with Crippen LogP contribution in [0.25, 0.3) is 39.3 Å². The first-order valence-electron chi connectivity index (χ1n) is 11.3. The molecule has 0 unspecified atom stereocenters. The van der Waals surface area contributed by atoms with E-state index >= 15 is 0 Å². The van der Waals surface area contributed by atoms with E-state index < -0.39 is 0 Å². The summed E-state index contributed by atoms with van der Waals surface area (Å²) in [6.45, 7) is 6.69. The Kier molecular flexibility index (Phi) is 5.39. The molecule has 0 saturated heterocycles. The maximum atomic E-state index is 4.66. The van der Waals surface area contributed by atoms with Gasteiger partial charge in [0.25, 0.3) is 0 Å². The fourth-order valence-corrected chi connectivity index (χ4v) is 4.07. The van der Waals surface area contributed by atoms with Crippen LogP contribution >= 0.6 is 0 Å². The summed E-state index contributed by atoms with van der Waals surface area (Å²) in [6.07, 6.45) is 0. The Morgan fingerprint density at radius 1 is 0.576 bits per heavy atom. The number of nitrogens with zero attached hydrogens (tertiary/aromatic N) is 3. The van der Waals surface area contributed by atoms with Gasteiger partial charge >= 0.3 is 0 Å². The van der Waals surface area contributed by atoms with Crippen LogP contribution in [-0.4, -0.2) is 15.0 Å². The van der Waals surface area contributed by atoms with E-state index in [0.717, 1.165) is 28.2 Å². The molecule has 0 atom stereocenters. The zero-order valence-electron chi connectivity index (χ0n) is 19.2. The van der Waals surface area contributed by atoms with Crippen molar-refractivity contribution in [3.63, 3.8) is 0 Å². The summed E-state index contributed by atoms with van der Waals surface area (Å²) in [5.41, 5.74) is 8.75. The molecule has 5 aromatic rings. The van der Waals surface area contributed by atoms with Crippen LogP contribution in [0.3, 0.4) is 0 Å². The molecule has 1 aromatic heterocycles. The zero-order chi connectivity index (χ0) is 22.8. The van der Waals surface area contributed by atoms with Crippen molar-refractivity contribution in [3.8, 4) is 39.3 Å². The molecule has 3 heteroatoms. The Hall–Kier alpha value is -3.98. The predicted molar refractivity (Wildman–Crippen MR) is 136 cm³/mol. The third kappa shape index (κ3) is 4.22. The van der Waals surface area contributed by atoms with Gasteiger partial charge in [0, 0.05) is 11.1 Å². The highest BCUT2D eigenvalue weighted by molar-refractivity contribution is 5.79.